The van der Waals surface area contributed by atoms with Crippen molar-refractivity contribution in [1.82, 2.24) is 5.01 Å². The number of allylic oxidation sites excluding steroid dienone is 1. The lowest BCUT2D eigenvalue weighted by Gasteiger charge is -2.47. The summed E-state index contributed by atoms with van der Waals surface area (Å²) in [6, 6.07) is 20.8. The highest BCUT2D eigenvalue weighted by atomic mass is 32.1. The molecule has 3 aromatic carbocycles. The van der Waals surface area contributed by atoms with Crippen molar-refractivity contribution in [2.75, 3.05) is 0 Å². The minimum atomic E-state index is -4.42. The van der Waals surface area contributed by atoms with Gasteiger partial charge in [0.25, 0.3) is 0 Å². The molecule has 0 N–H and O–H groups in total. The van der Waals surface area contributed by atoms with Gasteiger partial charge in [0, 0.05) is 16.5 Å². The molecule has 0 spiro atoms. The number of fused-ring (bicyclic) bond motifs is 10. The van der Waals surface area contributed by atoms with E-state index in [0.29, 0.717) is 11.3 Å². The van der Waals surface area contributed by atoms with Crippen LogP contribution in [0.5, 0.6) is 0 Å². The van der Waals surface area contributed by atoms with Gasteiger partial charge in [-0.2, -0.15) is 18.3 Å². The zero-order valence-electron chi connectivity index (χ0n) is 21.7. The van der Waals surface area contributed by atoms with Crippen LogP contribution >= 0.6 is 11.3 Å². The van der Waals surface area contributed by atoms with Crippen LogP contribution in [0.15, 0.2) is 89.6 Å². The third-order valence-electron chi connectivity index (χ3n) is 8.53. The van der Waals surface area contributed by atoms with Gasteiger partial charge in [0.15, 0.2) is 0 Å². The Bertz CT molecular complexity index is 1940. The minimum Gasteiger partial charge on any atom is -0.256 e. The van der Waals surface area contributed by atoms with Crippen molar-refractivity contribution in [1.29, 1.82) is 0 Å². The molecule has 0 bridgehead atoms. The van der Waals surface area contributed by atoms with Crippen LogP contribution in [-0.4, -0.2) is 16.8 Å². The number of alkyl halides is 3. The number of hydrogen-bond donors (Lipinski definition) is 0. The Kier molecular flexibility index (Phi) is 5.12. The van der Waals surface area contributed by atoms with Crippen molar-refractivity contribution >= 4 is 45.0 Å². The van der Waals surface area contributed by atoms with Crippen molar-refractivity contribution in [2.24, 2.45) is 11.0 Å². The molecule has 40 heavy (non-hydrogen) atoms. The quantitative estimate of drug-likeness (QED) is 0.246. The molecule has 3 atom stereocenters. The van der Waals surface area contributed by atoms with Crippen LogP contribution < -0.4 is 10.4 Å². The Hall–Kier alpha value is -3.90. The second-order valence-electron chi connectivity index (χ2n) is 11.0. The number of nitrogens with zero attached hydrogens (tertiary/aromatic N) is 2. The lowest BCUT2D eigenvalue weighted by atomic mass is 9.74. The third kappa shape index (κ3) is 3.45. The summed E-state index contributed by atoms with van der Waals surface area (Å²) < 4.78 is 42.5. The van der Waals surface area contributed by atoms with Crippen molar-refractivity contribution in [3.8, 4) is 0 Å². The van der Waals surface area contributed by atoms with Crippen LogP contribution in [0.2, 0.25) is 0 Å². The van der Waals surface area contributed by atoms with Crippen LogP contribution in [0, 0.1) is 5.92 Å². The lowest BCUT2D eigenvalue weighted by molar-refractivity contribution is -0.137. The molecule has 8 rings (SSSR count). The Morgan fingerprint density at radius 2 is 1.82 bits per heavy atom. The lowest BCUT2D eigenvalue weighted by Crippen LogP contribution is -2.46. The summed E-state index contributed by atoms with van der Waals surface area (Å²) in [4.78, 5) is 1.22. The molecule has 198 valence electrons. The van der Waals surface area contributed by atoms with E-state index in [1.165, 1.54) is 38.2 Å². The standard InChI is InChI=1S/C34H25F3N2S/c1-2-6-19-11-12-20-17-27-26(18-22(20)15-19)31(21-7-5-8-23(16-21)34(35,36)37)38-39-28-14-13-24(28)30-25-9-3-4-10-29(25)40-33(30)32(27)39/h3-5,7-18,24,26,28H,2,6H2,1H3. The minimum absolute atomic E-state index is 0.0384. The molecule has 4 aromatic rings. The third-order valence-corrected chi connectivity index (χ3v) is 9.72. The smallest absolute Gasteiger partial charge is 0.256 e. The number of hydrazone groups is 1. The van der Waals surface area contributed by atoms with Gasteiger partial charge in [-0.25, -0.2) is 0 Å². The van der Waals surface area contributed by atoms with Crippen LogP contribution in [0.1, 0.15) is 46.4 Å². The zero-order valence-corrected chi connectivity index (χ0v) is 22.6. The van der Waals surface area contributed by atoms with Crippen molar-refractivity contribution in [3.63, 3.8) is 0 Å². The topological polar surface area (TPSA) is 15.6 Å². The van der Waals surface area contributed by atoms with Gasteiger partial charge in [0.2, 0.25) is 0 Å². The second kappa shape index (κ2) is 8.55. The number of benzene rings is 3. The maximum Gasteiger partial charge on any atom is 0.416 e. The average Bonchev–Trinajstić information content (AvgIpc) is 3.29. The zero-order chi connectivity index (χ0) is 27.2. The molecular formula is C34H25F3N2S. The number of rotatable bonds is 3. The van der Waals surface area contributed by atoms with Gasteiger partial charge >= 0.3 is 6.18 Å². The molecule has 2 aliphatic heterocycles. The summed E-state index contributed by atoms with van der Waals surface area (Å²) in [5.74, 6) is -0.0483. The van der Waals surface area contributed by atoms with Gasteiger partial charge in [-0.1, -0.05) is 80.1 Å². The van der Waals surface area contributed by atoms with Crippen molar-refractivity contribution in [2.45, 2.75) is 37.9 Å². The average molecular weight is 551 g/mol. The molecule has 0 radical (unpaired) electrons. The molecule has 1 aromatic heterocycles. The largest absolute Gasteiger partial charge is 0.416 e. The monoisotopic (exact) mass is 550 g/mol. The number of hydrogen-bond acceptors (Lipinski definition) is 3. The Labute approximate surface area is 233 Å². The van der Waals surface area contributed by atoms with E-state index in [1.54, 1.807) is 17.4 Å². The number of thiophene rings is 1. The van der Waals surface area contributed by atoms with Gasteiger partial charge in [0.1, 0.15) is 0 Å². The van der Waals surface area contributed by atoms with Crippen molar-refractivity contribution in [3.05, 3.63) is 122 Å². The Morgan fingerprint density at radius 3 is 2.62 bits per heavy atom. The molecule has 0 saturated heterocycles. The second-order valence-corrected chi connectivity index (χ2v) is 12.0. The molecule has 3 unspecified atom stereocenters. The molecule has 0 fully saturated rings. The van der Waals surface area contributed by atoms with Gasteiger partial charge in [-0.3, -0.25) is 5.01 Å². The predicted molar refractivity (Wildman–Crippen MR) is 156 cm³/mol. The molecule has 0 saturated carbocycles. The van der Waals surface area contributed by atoms with E-state index in [-0.39, 0.29) is 17.9 Å². The fourth-order valence-electron chi connectivity index (χ4n) is 6.61. The Morgan fingerprint density at radius 1 is 0.950 bits per heavy atom. The van der Waals surface area contributed by atoms with Crippen LogP contribution in [0.4, 0.5) is 13.2 Å². The Balaban J connectivity index is 1.41. The van der Waals surface area contributed by atoms with E-state index in [0.717, 1.165) is 40.6 Å². The molecular weight excluding hydrogens is 525 g/mol. The SMILES string of the molecule is CCCc1ccc2c(c1)=CC1C(c3cccc(C(F)(F)F)c3)=NN3C(=C1C=2)c1sc2ccccc2c1C1C=CC13. The number of halogens is 3. The first-order valence-electron chi connectivity index (χ1n) is 13.7. The van der Waals surface area contributed by atoms with Crippen molar-refractivity contribution < 1.29 is 13.2 Å². The van der Waals surface area contributed by atoms with Gasteiger partial charge in [-0.05, 0) is 68.8 Å². The first-order chi connectivity index (χ1) is 19.4. The first kappa shape index (κ1) is 23.9. The van der Waals surface area contributed by atoms with Crippen LogP contribution in [0.25, 0.3) is 27.9 Å². The fourth-order valence-corrected chi connectivity index (χ4v) is 7.93. The molecule has 4 aliphatic rings. The maximum atomic E-state index is 13.8. The normalized spacial score (nSPS) is 22.2. The molecule has 0 amide bonds. The predicted octanol–water partition coefficient (Wildman–Crippen LogP) is 7.23. The highest BCUT2D eigenvalue weighted by molar-refractivity contribution is 7.20. The summed E-state index contributed by atoms with van der Waals surface area (Å²) in [5.41, 5.74) is 5.32. The maximum absolute atomic E-state index is 13.8. The van der Waals surface area contributed by atoms with Crippen LogP contribution in [-0.2, 0) is 12.6 Å². The summed E-state index contributed by atoms with van der Waals surface area (Å²) in [5, 5.41) is 10.8. The summed E-state index contributed by atoms with van der Waals surface area (Å²) in [7, 11) is 0. The van der Waals surface area contributed by atoms with E-state index in [9.17, 15) is 13.2 Å². The highest BCUT2D eigenvalue weighted by Gasteiger charge is 2.46. The van der Waals surface area contributed by atoms with Crippen LogP contribution in [0.3, 0.4) is 0 Å². The molecule has 2 aliphatic carbocycles. The summed E-state index contributed by atoms with van der Waals surface area (Å²) in [6.07, 6.45) is 6.49. The molecule has 3 heterocycles. The van der Waals surface area contributed by atoms with E-state index in [1.807, 2.05) is 0 Å². The highest BCUT2D eigenvalue weighted by Crippen LogP contribution is 2.55. The van der Waals surface area contributed by atoms with Gasteiger partial charge < -0.3 is 0 Å². The first-order valence-corrected chi connectivity index (χ1v) is 14.5. The fraction of sp³-hybridized carbons (Fsp3) is 0.206. The van der Waals surface area contributed by atoms with E-state index in [4.69, 9.17) is 5.10 Å². The number of aryl methyl sites for hydroxylation is 1. The van der Waals surface area contributed by atoms with Gasteiger partial charge in [-0.15, -0.1) is 11.3 Å². The summed E-state index contributed by atoms with van der Waals surface area (Å²) in [6.45, 7) is 2.17. The van der Waals surface area contributed by atoms with E-state index >= 15 is 0 Å². The molecule has 2 nitrogen and oxygen atoms in total. The van der Waals surface area contributed by atoms with E-state index < -0.39 is 11.7 Å². The van der Waals surface area contributed by atoms with E-state index in [2.05, 4.69) is 78.7 Å². The summed E-state index contributed by atoms with van der Waals surface area (Å²) >= 11 is 1.79. The van der Waals surface area contributed by atoms with Gasteiger partial charge in [0.05, 0.1) is 27.9 Å². The molecule has 6 heteroatoms.